The quantitative estimate of drug-likeness (QED) is 0.864. The molecule has 0 aliphatic rings. The van der Waals surface area contributed by atoms with E-state index in [1.165, 1.54) is 22.3 Å². The molecular formula is C19H25NO. The Morgan fingerprint density at radius 2 is 1.67 bits per heavy atom. The lowest BCUT2D eigenvalue weighted by Crippen LogP contribution is -2.28. The largest absolute Gasteiger partial charge is 0.496 e. The van der Waals surface area contributed by atoms with E-state index in [1.54, 1.807) is 7.11 Å². The molecule has 0 saturated carbocycles. The van der Waals surface area contributed by atoms with Crippen LogP contribution in [0.1, 0.15) is 29.2 Å². The second-order valence-corrected chi connectivity index (χ2v) is 5.67. The van der Waals surface area contributed by atoms with Crippen molar-refractivity contribution in [1.29, 1.82) is 0 Å². The maximum absolute atomic E-state index is 5.42. The Balaban J connectivity index is 1.98. The fourth-order valence-corrected chi connectivity index (χ4v) is 2.68. The molecule has 1 unspecified atom stereocenters. The third kappa shape index (κ3) is 4.08. The Morgan fingerprint density at radius 3 is 2.33 bits per heavy atom. The summed E-state index contributed by atoms with van der Waals surface area (Å²) < 4.78 is 5.42. The second-order valence-electron chi connectivity index (χ2n) is 5.67. The fourth-order valence-electron chi connectivity index (χ4n) is 2.68. The number of nitrogens with one attached hydrogen (secondary N) is 1. The molecule has 0 aliphatic carbocycles. The topological polar surface area (TPSA) is 21.3 Å². The zero-order valence-corrected chi connectivity index (χ0v) is 13.4. The molecule has 2 nitrogen and oxygen atoms in total. The first-order chi connectivity index (χ1) is 10.1. The molecule has 0 saturated heterocycles. The molecule has 1 atom stereocenters. The summed E-state index contributed by atoms with van der Waals surface area (Å²) >= 11 is 0. The van der Waals surface area contributed by atoms with Gasteiger partial charge in [-0.3, -0.25) is 0 Å². The average molecular weight is 283 g/mol. The molecule has 2 rings (SSSR count). The molecule has 112 valence electrons. The lowest BCUT2D eigenvalue weighted by Gasteiger charge is -2.17. The number of hydrogen-bond acceptors (Lipinski definition) is 2. The fraction of sp³-hybridized carbons (Fsp3) is 0.368. The molecule has 0 radical (unpaired) electrons. The summed E-state index contributed by atoms with van der Waals surface area (Å²) in [5.41, 5.74) is 5.37. The SMILES string of the molecule is COc1ccccc1CC(C)NCc1c(C)cccc1C. The van der Waals surface area contributed by atoms with Crippen molar-refractivity contribution in [2.45, 2.75) is 39.8 Å². The van der Waals surface area contributed by atoms with E-state index in [1.807, 2.05) is 12.1 Å². The van der Waals surface area contributed by atoms with Crippen LogP contribution in [0.15, 0.2) is 42.5 Å². The van der Waals surface area contributed by atoms with Crippen molar-refractivity contribution in [2.24, 2.45) is 0 Å². The normalized spacial score (nSPS) is 12.2. The molecule has 0 spiro atoms. The first-order valence-electron chi connectivity index (χ1n) is 7.52. The summed E-state index contributed by atoms with van der Waals surface area (Å²) in [4.78, 5) is 0. The monoisotopic (exact) mass is 283 g/mol. The molecule has 2 aromatic carbocycles. The predicted molar refractivity (Wildman–Crippen MR) is 88.9 cm³/mol. The van der Waals surface area contributed by atoms with Crippen LogP contribution in [-0.4, -0.2) is 13.2 Å². The van der Waals surface area contributed by atoms with Gasteiger partial charge < -0.3 is 10.1 Å². The van der Waals surface area contributed by atoms with Gasteiger partial charge in [0.15, 0.2) is 0 Å². The van der Waals surface area contributed by atoms with Gasteiger partial charge in [-0.25, -0.2) is 0 Å². The lowest BCUT2D eigenvalue weighted by molar-refractivity contribution is 0.406. The molecule has 0 fully saturated rings. The van der Waals surface area contributed by atoms with Crippen LogP contribution < -0.4 is 10.1 Å². The minimum atomic E-state index is 0.403. The first kappa shape index (κ1) is 15.6. The summed E-state index contributed by atoms with van der Waals surface area (Å²) in [6.45, 7) is 7.48. The average Bonchev–Trinajstić information content (AvgIpc) is 2.47. The molecular weight excluding hydrogens is 258 g/mol. The third-order valence-electron chi connectivity index (χ3n) is 3.99. The molecule has 0 aliphatic heterocycles. The highest BCUT2D eigenvalue weighted by molar-refractivity contribution is 5.35. The summed E-state index contributed by atoms with van der Waals surface area (Å²) in [5.74, 6) is 0.971. The summed E-state index contributed by atoms with van der Waals surface area (Å²) in [7, 11) is 1.73. The predicted octanol–water partition coefficient (Wildman–Crippen LogP) is 4.03. The van der Waals surface area contributed by atoms with Crippen LogP contribution in [0.25, 0.3) is 0 Å². The van der Waals surface area contributed by atoms with Crippen LogP contribution in [0, 0.1) is 13.8 Å². The zero-order chi connectivity index (χ0) is 15.2. The number of rotatable bonds is 6. The standard InChI is InChI=1S/C19H25NO/c1-14-8-7-9-15(2)18(14)13-20-16(3)12-17-10-5-6-11-19(17)21-4/h5-11,16,20H,12-13H2,1-4H3. The zero-order valence-electron chi connectivity index (χ0n) is 13.4. The van der Waals surface area contributed by atoms with Crippen molar-refractivity contribution in [3.63, 3.8) is 0 Å². The number of methoxy groups -OCH3 is 1. The van der Waals surface area contributed by atoms with Crippen molar-refractivity contribution in [2.75, 3.05) is 7.11 Å². The van der Waals surface area contributed by atoms with Gasteiger partial charge in [0.25, 0.3) is 0 Å². The van der Waals surface area contributed by atoms with Crippen molar-refractivity contribution in [1.82, 2.24) is 5.32 Å². The van der Waals surface area contributed by atoms with Gasteiger partial charge in [-0.15, -0.1) is 0 Å². The van der Waals surface area contributed by atoms with E-state index < -0.39 is 0 Å². The Kier molecular flexibility index (Phi) is 5.40. The van der Waals surface area contributed by atoms with Crippen molar-refractivity contribution >= 4 is 0 Å². The molecule has 0 amide bonds. The maximum Gasteiger partial charge on any atom is 0.122 e. The molecule has 1 N–H and O–H groups in total. The highest BCUT2D eigenvalue weighted by Crippen LogP contribution is 2.19. The number of para-hydroxylation sites is 1. The Hall–Kier alpha value is -1.80. The lowest BCUT2D eigenvalue weighted by atomic mass is 10.0. The van der Waals surface area contributed by atoms with Gasteiger partial charge in [0.1, 0.15) is 5.75 Å². The first-order valence-corrected chi connectivity index (χ1v) is 7.52. The van der Waals surface area contributed by atoms with Gasteiger partial charge in [0.2, 0.25) is 0 Å². The van der Waals surface area contributed by atoms with Gasteiger partial charge in [0, 0.05) is 12.6 Å². The van der Waals surface area contributed by atoms with Gasteiger partial charge in [0.05, 0.1) is 7.11 Å². The number of benzene rings is 2. The van der Waals surface area contributed by atoms with Gasteiger partial charge in [-0.2, -0.15) is 0 Å². The van der Waals surface area contributed by atoms with E-state index >= 15 is 0 Å². The van der Waals surface area contributed by atoms with Crippen molar-refractivity contribution < 1.29 is 4.74 Å². The van der Waals surface area contributed by atoms with Gasteiger partial charge in [-0.05, 0) is 55.5 Å². The van der Waals surface area contributed by atoms with Gasteiger partial charge >= 0.3 is 0 Å². The van der Waals surface area contributed by atoms with E-state index in [9.17, 15) is 0 Å². The Morgan fingerprint density at radius 1 is 1.00 bits per heavy atom. The highest BCUT2D eigenvalue weighted by atomic mass is 16.5. The Labute approximate surface area is 128 Å². The van der Waals surface area contributed by atoms with E-state index in [0.29, 0.717) is 6.04 Å². The minimum absolute atomic E-state index is 0.403. The van der Waals surface area contributed by atoms with E-state index in [4.69, 9.17) is 4.74 Å². The van der Waals surface area contributed by atoms with E-state index in [2.05, 4.69) is 56.4 Å². The van der Waals surface area contributed by atoms with Gasteiger partial charge in [-0.1, -0.05) is 36.4 Å². The van der Waals surface area contributed by atoms with Crippen molar-refractivity contribution in [3.8, 4) is 5.75 Å². The van der Waals surface area contributed by atoms with Crippen LogP contribution in [-0.2, 0) is 13.0 Å². The van der Waals surface area contributed by atoms with Crippen LogP contribution in [0.5, 0.6) is 5.75 Å². The highest BCUT2D eigenvalue weighted by Gasteiger charge is 2.09. The molecule has 0 bridgehead atoms. The van der Waals surface area contributed by atoms with E-state index in [0.717, 1.165) is 18.7 Å². The molecule has 21 heavy (non-hydrogen) atoms. The third-order valence-corrected chi connectivity index (χ3v) is 3.99. The van der Waals surface area contributed by atoms with Crippen LogP contribution >= 0.6 is 0 Å². The number of aryl methyl sites for hydroxylation is 2. The molecule has 2 aromatic rings. The number of hydrogen-bond donors (Lipinski definition) is 1. The van der Waals surface area contributed by atoms with Crippen molar-refractivity contribution in [3.05, 3.63) is 64.7 Å². The van der Waals surface area contributed by atoms with Crippen LogP contribution in [0.2, 0.25) is 0 Å². The minimum Gasteiger partial charge on any atom is -0.496 e. The summed E-state index contributed by atoms with van der Waals surface area (Å²) in [6.07, 6.45) is 0.967. The van der Waals surface area contributed by atoms with Crippen LogP contribution in [0.3, 0.4) is 0 Å². The summed E-state index contributed by atoms with van der Waals surface area (Å²) in [5, 5.41) is 3.62. The molecule has 0 aromatic heterocycles. The van der Waals surface area contributed by atoms with E-state index in [-0.39, 0.29) is 0 Å². The smallest absolute Gasteiger partial charge is 0.122 e. The molecule has 2 heteroatoms. The van der Waals surface area contributed by atoms with Crippen LogP contribution in [0.4, 0.5) is 0 Å². The maximum atomic E-state index is 5.42. The second kappa shape index (κ2) is 7.28. The number of ether oxygens (including phenoxy) is 1. The Bertz CT molecular complexity index is 572. The summed E-state index contributed by atoms with van der Waals surface area (Å²) in [6, 6.07) is 15.1. The molecule has 0 heterocycles.